The van der Waals surface area contributed by atoms with Crippen LogP contribution in [0.3, 0.4) is 0 Å². The van der Waals surface area contributed by atoms with Gasteiger partial charge >= 0.3 is 141 Å². The van der Waals surface area contributed by atoms with E-state index in [-0.39, 0.29) is 5.78 Å². The van der Waals surface area contributed by atoms with Crippen molar-refractivity contribution in [3.63, 3.8) is 0 Å². The summed E-state index contributed by atoms with van der Waals surface area (Å²) in [5.74, 6) is 0.512. The Kier molecular flexibility index (Phi) is 4.89. The molecule has 0 amide bonds. The van der Waals surface area contributed by atoms with E-state index in [0.29, 0.717) is 16.9 Å². The molecule has 3 aromatic rings. The standard InChI is InChI=1S/C19H16AsNO2/c1-14-12-18(23-21-14)17(13-20-16-10-6-3-7-11-16)19(22)15-8-4-2-5-9-15/h2-13,20H,1H3. The zero-order valence-corrected chi connectivity index (χ0v) is 14.8. The third kappa shape index (κ3) is 3.88. The predicted octanol–water partition coefficient (Wildman–Crippen LogP) is 2.97. The number of carbonyl (C=O) groups is 1. The summed E-state index contributed by atoms with van der Waals surface area (Å²) < 4.78 is 6.60. The summed E-state index contributed by atoms with van der Waals surface area (Å²) in [6.07, 6.45) is 0. The van der Waals surface area contributed by atoms with E-state index in [2.05, 4.69) is 17.3 Å². The van der Waals surface area contributed by atoms with Gasteiger partial charge in [-0.15, -0.1) is 0 Å². The van der Waals surface area contributed by atoms with Gasteiger partial charge in [0.15, 0.2) is 0 Å². The van der Waals surface area contributed by atoms with Crippen LogP contribution in [-0.2, 0) is 0 Å². The van der Waals surface area contributed by atoms with E-state index >= 15 is 0 Å². The molecule has 1 unspecified atom stereocenters. The van der Waals surface area contributed by atoms with Crippen LogP contribution in [0, 0.1) is 6.92 Å². The zero-order chi connectivity index (χ0) is 16.1. The molecule has 1 aromatic heterocycles. The summed E-state index contributed by atoms with van der Waals surface area (Å²) in [5.41, 5.74) is 2.03. The molecule has 23 heavy (non-hydrogen) atoms. The Bertz CT molecular complexity index is 823. The van der Waals surface area contributed by atoms with Crippen LogP contribution >= 0.6 is 0 Å². The summed E-state index contributed by atoms with van der Waals surface area (Å²) in [4.78, 5) is 14.9. The van der Waals surface area contributed by atoms with E-state index in [1.807, 2.05) is 66.4 Å². The maximum atomic E-state index is 12.8. The van der Waals surface area contributed by atoms with Crippen LogP contribution in [-0.4, -0.2) is 26.7 Å². The molecule has 0 aliphatic heterocycles. The number of Topliss-reactive ketones (excluding diaryl/α,β-unsaturated/α-hetero) is 1. The van der Waals surface area contributed by atoms with E-state index in [1.54, 1.807) is 0 Å². The third-order valence-electron chi connectivity index (χ3n) is 3.33. The quantitative estimate of drug-likeness (QED) is 0.397. The Hall–Kier alpha value is -2.38. The van der Waals surface area contributed by atoms with Crippen molar-refractivity contribution in [2.75, 3.05) is 0 Å². The minimum atomic E-state index is -0.574. The van der Waals surface area contributed by atoms with Crippen molar-refractivity contribution in [3.8, 4) is 0 Å². The number of hydrogen-bond donors (Lipinski definition) is 0. The molecule has 0 aliphatic rings. The second kappa shape index (κ2) is 7.25. The first-order chi connectivity index (χ1) is 11.2. The van der Waals surface area contributed by atoms with Crippen molar-refractivity contribution in [1.82, 2.24) is 5.16 Å². The summed E-state index contributed by atoms with van der Waals surface area (Å²) in [7, 11) is 0. The summed E-state index contributed by atoms with van der Waals surface area (Å²) >= 11 is -0.574. The normalized spacial score (nSPS) is 12.0. The number of rotatable bonds is 5. The van der Waals surface area contributed by atoms with Crippen molar-refractivity contribution < 1.29 is 9.32 Å². The molecule has 1 heterocycles. The van der Waals surface area contributed by atoms with Crippen molar-refractivity contribution >= 4 is 31.5 Å². The molecule has 0 bridgehead atoms. The van der Waals surface area contributed by atoms with Gasteiger partial charge in [-0.2, -0.15) is 0 Å². The van der Waals surface area contributed by atoms with Gasteiger partial charge in [-0.05, 0) is 0 Å². The predicted molar refractivity (Wildman–Crippen MR) is 93.2 cm³/mol. The SMILES string of the molecule is Cc1cc(C(=C[AsH]c2ccccc2)C(=O)c2ccccc2)on1. The van der Waals surface area contributed by atoms with Gasteiger partial charge in [0, 0.05) is 0 Å². The van der Waals surface area contributed by atoms with E-state index in [1.165, 1.54) is 4.35 Å². The third-order valence-corrected chi connectivity index (χ3v) is 5.64. The monoisotopic (exact) mass is 365 g/mol. The Morgan fingerprint density at radius 1 is 1.04 bits per heavy atom. The van der Waals surface area contributed by atoms with Crippen molar-refractivity contribution in [2.45, 2.75) is 6.92 Å². The number of ketones is 1. The number of aromatic nitrogens is 1. The topological polar surface area (TPSA) is 43.1 Å². The molecule has 114 valence electrons. The van der Waals surface area contributed by atoms with Gasteiger partial charge in [0.05, 0.1) is 0 Å². The Morgan fingerprint density at radius 3 is 2.30 bits per heavy atom. The van der Waals surface area contributed by atoms with E-state index in [4.69, 9.17) is 4.52 Å². The molecule has 0 radical (unpaired) electrons. The summed E-state index contributed by atoms with van der Waals surface area (Å²) in [6, 6.07) is 21.3. The van der Waals surface area contributed by atoms with Gasteiger partial charge in [-0.3, -0.25) is 0 Å². The summed E-state index contributed by atoms with van der Waals surface area (Å²) in [5, 5.41) is 3.91. The number of allylic oxidation sites excluding steroid dienone is 1. The molecule has 3 nitrogen and oxygen atoms in total. The van der Waals surface area contributed by atoms with E-state index < -0.39 is 15.8 Å². The summed E-state index contributed by atoms with van der Waals surface area (Å²) in [6.45, 7) is 1.85. The average molecular weight is 365 g/mol. The molecule has 0 fully saturated rings. The zero-order valence-electron chi connectivity index (χ0n) is 12.7. The van der Waals surface area contributed by atoms with Crippen LogP contribution in [0.25, 0.3) is 5.57 Å². The molecule has 0 saturated carbocycles. The van der Waals surface area contributed by atoms with Gasteiger partial charge in [0.25, 0.3) is 0 Å². The second-order valence-corrected chi connectivity index (χ2v) is 7.52. The van der Waals surface area contributed by atoms with Crippen molar-refractivity contribution in [2.24, 2.45) is 0 Å². The fourth-order valence-electron chi connectivity index (χ4n) is 2.17. The van der Waals surface area contributed by atoms with Crippen LogP contribution in [0.4, 0.5) is 0 Å². The average Bonchev–Trinajstić information content (AvgIpc) is 3.03. The molecule has 0 N–H and O–H groups in total. The van der Waals surface area contributed by atoms with Gasteiger partial charge in [0.2, 0.25) is 0 Å². The maximum absolute atomic E-state index is 12.8. The minimum absolute atomic E-state index is 0.0265. The molecule has 3 rings (SSSR count). The molecular weight excluding hydrogens is 349 g/mol. The number of carbonyl (C=O) groups excluding carboxylic acids is 1. The molecule has 0 spiro atoms. The van der Waals surface area contributed by atoms with Crippen LogP contribution < -0.4 is 4.35 Å². The molecular formula is C19H16AsNO2. The number of hydrogen-bond acceptors (Lipinski definition) is 3. The number of benzene rings is 2. The van der Waals surface area contributed by atoms with Crippen LogP contribution in [0.1, 0.15) is 21.8 Å². The molecule has 2 aromatic carbocycles. The Balaban J connectivity index is 1.95. The molecule has 1 atom stereocenters. The van der Waals surface area contributed by atoms with Crippen LogP contribution in [0.2, 0.25) is 0 Å². The number of nitrogens with zero attached hydrogens (tertiary/aromatic N) is 1. The van der Waals surface area contributed by atoms with Crippen molar-refractivity contribution in [1.29, 1.82) is 0 Å². The van der Waals surface area contributed by atoms with Crippen molar-refractivity contribution in [3.05, 3.63) is 88.6 Å². The first-order valence-electron chi connectivity index (χ1n) is 7.29. The first-order valence-corrected chi connectivity index (χ1v) is 9.55. The van der Waals surface area contributed by atoms with Crippen LogP contribution in [0.15, 0.2) is 76.1 Å². The van der Waals surface area contributed by atoms with Gasteiger partial charge in [-0.1, -0.05) is 0 Å². The van der Waals surface area contributed by atoms with Crippen LogP contribution in [0.5, 0.6) is 0 Å². The van der Waals surface area contributed by atoms with Gasteiger partial charge < -0.3 is 0 Å². The van der Waals surface area contributed by atoms with Gasteiger partial charge in [-0.25, -0.2) is 0 Å². The Morgan fingerprint density at radius 2 is 1.70 bits per heavy atom. The molecule has 0 aliphatic carbocycles. The second-order valence-electron chi connectivity index (χ2n) is 5.10. The molecule has 4 heteroatoms. The van der Waals surface area contributed by atoms with E-state index in [9.17, 15) is 4.79 Å². The number of aryl methyl sites for hydroxylation is 1. The fourth-order valence-corrected chi connectivity index (χ4v) is 4.21. The molecule has 0 saturated heterocycles. The first kappa shape index (κ1) is 15.5. The van der Waals surface area contributed by atoms with Gasteiger partial charge in [0.1, 0.15) is 0 Å². The fraction of sp³-hybridized carbons (Fsp3) is 0.0526. The Labute approximate surface area is 141 Å². The van der Waals surface area contributed by atoms with E-state index in [0.717, 1.165) is 5.69 Å².